The fraction of sp³-hybridized carbons (Fsp3) is 0.889. The second-order valence-corrected chi connectivity index (χ2v) is 9.40. The van der Waals surface area contributed by atoms with Crippen molar-refractivity contribution >= 4 is 5.84 Å². The average molecular weight is 422 g/mol. The van der Waals surface area contributed by atoms with Gasteiger partial charge in [0.2, 0.25) is 5.84 Å². The maximum Gasteiger partial charge on any atom is 0.200 e. The van der Waals surface area contributed by atoms with Gasteiger partial charge in [-0.05, 0) is 39.0 Å². The molecule has 1 aliphatic heterocycles. The van der Waals surface area contributed by atoms with Crippen molar-refractivity contribution in [2.45, 2.75) is 136 Å². The highest BCUT2D eigenvalue weighted by Gasteiger charge is 2.40. The Morgan fingerprint density at radius 2 is 1.30 bits per heavy atom. The van der Waals surface area contributed by atoms with Gasteiger partial charge in [0.25, 0.3) is 0 Å². The van der Waals surface area contributed by atoms with Crippen molar-refractivity contribution in [1.82, 2.24) is 0 Å². The summed E-state index contributed by atoms with van der Waals surface area (Å²) in [5.41, 5.74) is 0. The number of allylic oxidation sites excluding steroid dienone is 2. The van der Waals surface area contributed by atoms with Gasteiger partial charge in [-0.3, -0.25) is 4.48 Å². The molecule has 1 rings (SSSR count). The van der Waals surface area contributed by atoms with Crippen LogP contribution >= 0.6 is 0 Å². The van der Waals surface area contributed by atoms with Crippen LogP contribution in [0.4, 0.5) is 0 Å². The summed E-state index contributed by atoms with van der Waals surface area (Å²) in [6.07, 6.45) is 27.4. The zero-order valence-corrected chi connectivity index (χ0v) is 20.7. The van der Waals surface area contributed by atoms with Crippen LogP contribution in [0.5, 0.6) is 0 Å². The molecule has 1 heterocycles. The Kier molecular flexibility index (Phi) is 16.4. The van der Waals surface area contributed by atoms with Crippen molar-refractivity contribution in [2.75, 3.05) is 19.6 Å². The van der Waals surface area contributed by atoms with Gasteiger partial charge in [0.1, 0.15) is 6.54 Å². The van der Waals surface area contributed by atoms with Gasteiger partial charge < -0.3 is 5.11 Å². The van der Waals surface area contributed by atoms with Crippen molar-refractivity contribution < 1.29 is 9.59 Å². The first-order valence-electron chi connectivity index (χ1n) is 13.4. The molecule has 0 aromatic rings. The standard InChI is InChI=1S/C27H53N2O/c1-4-6-7-8-9-10-11-12-13-14-15-16-17-18-19-20-21-22-23-27-28-24-25-29(27,5-2)26(3)30/h13-14,26,30H,4-12,15-25H2,1-3H3/q+1/b14-13+. The lowest BCUT2D eigenvalue weighted by Gasteiger charge is -2.36. The SMILES string of the molecule is CCCCCCCCC/C=C/CCCCCCCCCC1=NCC[N+]1(CC)C(C)O. The number of unbranched alkanes of at least 4 members (excludes halogenated alkanes) is 14. The fourth-order valence-corrected chi connectivity index (χ4v) is 4.82. The molecule has 0 fully saturated rings. The van der Waals surface area contributed by atoms with E-state index in [-0.39, 0.29) is 6.23 Å². The fourth-order valence-electron chi connectivity index (χ4n) is 4.82. The van der Waals surface area contributed by atoms with Crippen LogP contribution in [0.3, 0.4) is 0 Å². The van der Waals surface area contributed by atoms with Gasteiger partial charge in [-0.1, -0.05) is 89.7 Å². The number of aliphatic hydroxyl groups is 1. The predicted octanol–water partition coefficient (Wildman–Crippen LogP) is 7.78. The average Bonchev–Trinajstić information content (AvgIpc) is 3.17. The molecule has 0 aromatic heterocycles. The van der Waals surface area contributed by atoms with Crippen LogP contribution in [0, 0.1) is 0 Å². The monoisotopic (exact) mass is 421 g/mol. The summed E-state index contributed by atoms with van der Waals surface area (Å²) in [5.74, 6) is 1.25. The van der Waals surface area contributed by atoms with Crippen LogP contribution in [0.1, 0.15) is 130 Å². The van der Waals surface area contributed by atoms with Gasteiger partial charge in [-0.2, -0.15) is 0 Å². The smallest absolute Gasteiger partial charge is 0.200 e. The largest absolute Gasteiger partial charge is 0.345 e. The molecule has 0 saturated carbocycles. The van der Waals surface area contributed by atoms with Crippen LogP contribution in [-0.2, 0) is 0 Å². The third kappa shape index (κ3) is 11.1. The van der Waals surface area contributed by atoms with Gasteiger partial charge in [0, 0.05) is 13.3 Å². The predicted molar refractivity (Wildman–Crippen MR) is 133 cm³/mol. The number of hydrogen-bond donors (Lipinski definition) is 1. The van der Waals surface area contributed by atoms with E-state index in [0.29, 0.717) is 4.48 Å². The van der Waals surface area contributed by atoms with E-state index in [4.69, 9.17) is 4.99 Å². The van der Waals surface area contributed by atoms with Crippen LogP contribution in [0.15, 0.2) is 17.1 Å². The maximum atomic E-state index is 10.2. The van der Waals surface area contributed by atoms with E-state index in [2.05, 4.69) is 26.0 Å². The highest BCUT2D eigenvalue weighted by Crippen LogP contribution is 2.23. The molecule has 176 valence electrons. The van der Waals surface area contributed by atoms with Crippen LogP contribution in [-0.4, -0.2) is 41.3 Å². The lowest BCUT2D eigenvalue weighted by molar-refractivity contribution is -0.882. The van der Waals surface area contributed by atoms with E-state index in [1.54, 1.807) is 0 Å². The first-order chi connectivity index (χ1) is 14.7. The molecule has 0 bridgehead atoms. The Balaban J connectivity index is 1.88. The molecule has 0 aliphatic carbocycles. The number of likely N-dealkylation sites (N-methyl/N-ethyl adjacent to an activating group) is 1. The molecule has 0 radical (unpaired) electrons. The first-order valence-corrected chi connectivity index (χ1v) is 13.4. The van der Waals surface area contributed by atoms with E-state index < -0.39 is 0 Å². The minimum absolute atomic E-state index is 0.319. The number of hydrogen-bond acceptors (Lipinski definition) is 2. The molecule has 2 atom stereocenters. The lowest BCUT2D eigenvalue weighted by Crippen LogP contribution is -2.56. The summed E-state index contributed by atoms with van der Waals surface area (Å²) in [4.78, 5) is 4.72. The maximum absolute atomic E-state index is 10.2. The summed E-state index contributed by atoms with van der Waals surface area (Å²) < 4.78 is 0.715. The minimum atomic E-state index is -0.319. The molecule has 30 heavy (non-hydrogen) atoms. The van der Waals surface area contributed by atoms with Crippen molar-refractivity contribution in [3.63, 3.8) is 0 Å². The van der Waals surface area contributed by atoms with E-state index in [9.17, 15) is 5.11 Å². The van der Waals surface area contributed by atoms with Crippen molar-refractivity contribution in [3.8, 4) is 0 Å². The summed E-state index contributed by atoms with van der Waals surface area (Å²) in [5, 5.41) is 10.2. The summed E-state index contributed by atoms with van der Waals surface area (Å²) in [7, 11) is 0. The Morgan fingerprint density at radius 3 is 1.80 bits per heavy atom. The molecular weight excluding hydrogens is 368 g/mol. The molecule has 1 aliphatic rings. The lowest BCUT2D eigenvalue weighted by atomic mass is 10.1. The highest BCUT2D eigenvalue weighted by molar-refractivity contribution is 5.76. The number of nitrogens with zero attached hydrogens (tertiary/aromatic N) is 2. The number of rotatable bonds is 20. The first kappa shape index (κ1) is 27.4. The Labute approximate surface area is 188 Å². The summed E-state index contributed by atoms with van der Waals surface area (Å²) in [6.45, 7) is 9.23. The van der Waals surface area contributed by atoms with Crippen LogP contribution in [0.2, 0.25) is 0 Å². The number of aliphatic imine (C=N–C) groups is 1. The second kappa shape index (κ2) is 18.0. The van der Waals surface area contributed by atoms with Gasteiger partial charge in [0.15, 0.2) is 6.23 Å². The molecule has 0 amide bonds. The third-order valence-corrected chi connectivity index (χ3v) is 7.00. The van der Waals surface area contributed by atoms with Crippen LogP contribution in [0.25, 0.3) is 0 Å². The molecule has 3 heteroatoms. The zero-order chi connectivity index (χ0) is 21.9. The minimum Gasteiger partial charge on any atom is -0.345 e. The summed E-state index contributed by atoms with van der Waals surface area (Å²) >= 11 is 0. The molecule has 0 saturated heterocycles. The summed E-state index contributed by atoms with van der Waals surface area (Å²) in [6, 6.07) is 0. The molecular formula is C27H53N2O+. The molecule has 0 spiro atoms. The number of quaternary nitrogens is 1. The Morgan fingerprint density at radius 1 is 0.800 bits per heavy atom. The van der Waals surface area contributed by atoms with E-state index >= 15 is 0 Å². The molecule has 2 unspecified atom stereocenters. The Hall–Kier alpha value is -0.670. The van der Waals surface area contributed by atoms with Gasteiger partial charge in [-0.15, -0.1) is 0 Å². The molecule has 0 aromatic carbocycles. The Bertz CT molecular complexity index is 458. The quantitative estimate of drug-likeness (QED) is 0.121. The van der Waals surface area contributed by atoms with Gasteiger partial charge in [-0.25, -0.2) is 4.99 Å². The van der Waals surface area contributed by atoms with Crippen molar-refractivity contribution in [3.05, 3.63) is 12.2 Å². The highest BCUT2D eigenvalue weighted by atomic mass is 16.3. The van der Waals surface area contributed by atoms with Crippen molar-refractivity contribution in [1.29, 1.82) is 0 Å². The van der Waals surface area contributed by atoms with Gasteiger partial charge in [0.05, 0.1) is 13.1 Å². The second-order valence-electron chi connectivity index (χ2n) is 9.40. The van der Waals surface area contributed by atoms with E-state index in [1.165, 1.54) is 109 Å². The molecule has 1 N–H and O–H groups in total. The molecule has 3 nitrogen and oxygen atoms in total. The zero-order valence-electron chi connectivity index (χ0n) is 20.7. The third-order valence-electron chi connectivity index (χ3n) is 7.00. The number of amidine groups is 1. The van der Waals surface area contributed by atoms with E-state index in [1.807, 2.05) is 6.92 Å². The van der Waals surface area contributed by atoms with Crippen molar-refractivity contribution in [2.24, 2.45) is 4.99 Å². The normalized spacial score (nSPS) is 20.2. The van der Waals surface area contributed by atoms with Crippen LogP contribution < -0.4 is 0 Å². The van der Waals surface area contributed by atoms with E-state index in [0.717, 1.165) is 26.1 Å². The number of aliphatic hydroxyl groups excluding tert-OH is 1. The topological polar surface area (TPSA) is 32.6 Å². The van der Waals surface area contributed by atoms with Gasteiger partial charge >= 0.3 is 0 Å².